The molecule has 1 aliphatic rings. The second kappa shape index (κ2) is 10.2. The van der Waals surface area contributed by atoms with Crippen LogP contribution in [-0.2, 0) is 25.3 Å². The van der Waals surface area contributed by atoms with Crippen molar-refractivity contribution >= 4 is 43.4 Å². The zero-order chi connectivity index (χ0) is 23.3. The Bertz CT molecular complexity index is 1150. The van der Waals surface area contributed by atoms with Crippen LogP contribution in [0.2, 0.25) is 0 Å². The van der Waals surface area contributed by atoms with Crippen molar-refractivity contribution in [2.45, 2.75) is 12.2 Å². The third kappa shape index (κ3) is 5.93. The molecule has 2 aromatic rings. The van der Waals surface area contributed by atoms with Gasteiger partial charge in [0.05, 0.1) is 12.9 Å². The first-order valence-electron chi connectivity index (χ1n) is 9.65. The maximum absolute atomic E-state index is 12.7. The highest BCUT2D eigenvalue weighted by atomic mass is 79.9. The number of benzene rings is 1. The first-order chi connectivity index (χ1) is 15.2. The molecular formula is C21H22BrN3O6S. The van der Waals surface area contributed by atoms with Crippen molar-refractivity contribution in [3.8, 4) is 5.75 Å². The van der Waals surface area contributed by atoms with Gasteiger partial charge in [-0.2, -0.15) is 4.31 Å². The van der Waals surface area contributed by atoms with Gasteiger partial charge in [-0.05, 0) is 41.3 Å². The van der Waals surface area contributed by atoms with Crippen LogP contribution in [0.1, 0.15) is 28.0 Å². The van der Waals surface area contributed by atoms with E-state index in [2.05, 4.69) is 31.0 Å². The Labute approximate surface area is 194 Å². The molecule has 0 saturated heterocycles. The maximum Gasteiger partial charge on any atom is 0.325 e. The normalized spacial score (nSPS) is 14.5. The van der Waals surface area contributed by atoms with Gasteiger partial charge in [-0.25, -0.2) is 13.4 Å². The van der Waals surface area contributed by atoms with Crippen molar-refractivity contribution < 1.29 is 27.9 Å². The van der Waals surface area contributed by atoms with Crippen molar-refractivity contribution in [2.75, 3.05) is 26.7 Å². The SMILES string of the molecule is COC(=O)CNC(=O)c1ncc(C2=CCN(S(=O)(=O)Cc3ccc(Br)cc3)CC2)cc1O. The molecule has 3 rings (SSSR count). The minimum absolute atomic E-state index is 0.0822. The summed E-state index contributed by atoms with van der Waals surface area (Å²) >= 11 is 3.33. The second-order valence-electron chi connectivity index (χ2n) is 7.07. The number of hydrogen-bond donors (Lipinski definition) is 2. The summed E-state index contributed by atoms with van der Waals surface area (Å²) in [5.74, 6) is -1.75. The number of pyridine rings is 1. The van der Waals surface area contributed by atoms with E-state index in [-0.39, 0.29) is 30.3 Å². The number of ether oxygens (including phenoxy) is 1. The Kier molecular flexibility index (Phi) is 7.64. The number of hydrogen-bond acceptors (Lipinski definition) is 7. The molecule has 0 fully saturated rings. The van der Waals surface area contributed by atoms with Gasteiger partial charge in [0.1, 0.15) is 12.3 Å². The number of esters is 1. The highest BCUT2D eigenvalue weighted by Gasteiger charge is 2.25. The van der Waals surface area contributed by atoms with Crippen LogP contribution >= 0.6 is 15.9 Å². The van der Waals surface area contributed by atoms with Gasteiger partial charge in [-0.3, -0.25) is 9.59 Å². The average molecular weight is 524 g/mol. The quantitative estimate of drug-likeness (QED) is 0.532. The molecular weight excluding hydrogens is 502 g/mol. The summed E-state index contributed by atoms with van der Waals surface area (Å²) < 4.78 is 32.2. The average Bonchev–Trinajstić information content (AvgIpc) is 2.78. The number of nitrogens with zero attached hydrogens (tertiary/aromatic N) is 2. The predicted molar refractivity (Wildman–Crippen MR) is 121 cm³/mol. The first-order valence-corrected chi connectivity index (χ1v) is 12.1. The van der Waals surface area contributed by atoms with Gasteiger partial charge >= 0.3 is 5.97 Å². The molecule has 1 amide bonds. The van der Waals surface area contributed by atoms with Crippen LogP contribution in [0.25, 0.3) is 5.57 Å². The van der Waals surface area contributed by atoms with E-state index in [4.69, 9.17) is 0 Å². The lowest BCUT2D eigenvalue weighted by Crippen LogP contribution is -2.35. The Morgan fingerprint density at radius 2 is 2.00 bits per heavy atom. The molecule has 0 unspecified atom stereocenters. The third-order valence-electron chi connectivity index (χ3n) is 4.90. The van der Waals surface area contributed by atoms with E-state index in [9.17, 15) is 23.1 Å². The molecule has 32 heavy (non-hydrogen) atoms. The summed E-state index contributed by atoms with van der Waals surface area (Å²) in [5.41, 5.74) is 1.91. The minimum Gasteiger partial charge on any atom is -0.505 e. The number of sulfonamides is 1. The Morgan fingerprint density at radius 1 is 1.28 bits per heavy atom. The van der Waals surface area contributed by atoms with Crippen LogP contribution in [0.5, 0.6) is 5.75 Å². The van der Waals surface area contributed by atoms with Gasteiger partial charge in [-0.1, -0.05) is 34.1 Å². The number of carbonyl (C=O) groups is 2. The number of aromatic nitrogens is 1. The topological polar surface area (TPSA) is 126 Å². The van der Waals surface area contributed by atoms with E-state index >= 15 is 0 Å². The highest BCUT2D eigenvalue weighted by molar-refractivity contribution is 9.10. The van der Waals surface area contributed by atoms with Crippen molar-refractivity contribution in [2.24, 2.45) is 0 Å². The van der Waals surface area contributed by atoms with E-state index in [0.717, 1.165) is 10.0 Å². The third-order valence-corrected chi connectivity index (χ3v) is 7.25. The lowest BCUT2D eigenvalue weighted by atomic mass is 10.0. The minimum atomic E-state index is -3.48. The fourth-order valence-electron chi connectivity index (χ4n) is 3.16. The number of halogens is 1. The predicted octanol–water partition coefficient (Wildman–Crippen LogP) is 2.07. The fourth-order valence-corrected chi connectivity index (χ4v) is 4.89. The van der Waals surface area contributed by atoms with Crippen LogP contribution < -0.4 is 5.32 Å². The Balaban J connectivity index is 1.66. The zero-order valence-corrected chi connectivity index (χ0v) is 19.6. The molecule has 1 aliphatic heterocycles. The number of nitrogens with one attached hydrogen (secondary N) is 1. The molecule has 1 aromatic heterocycles. The number of amides is 1. The number of methoxy groups -OCH3 is 1. The van der Waals surface area contributed by atoms with Gasteiger partial charge in [0, 0.05) is 23.8 Å². The van der Waals surface area contributed by atoms with Crippen LogP contribution in [-0.4, -0.2) is 61.4 Å². The maximum atomic E-state index is 12.7. The van der Waals surface area contributed by atoms with Gasteiger partial charge in [0.25, 0.3) is 5.91 Å². The van der Waals surface area contributed by atoms with Gasteiger partial charge in [0.15, 0.2) is 5.69 Å². The summed E-state index contributed by atoms with van der Waals surface area (Å²) in [6.07, 6.45) is 3.65. The lowest BCUT2D eigenvalue weighted by Gasteiger charge is -2.26. The van der Waals surface area contributed by atoms with Crippen molar-refractivity contribution in [3.05, 3.63) is 63.9 Å². The molecule has 0 atom stereocenters. The molecule has 9 nitrogen and oxygen atoms in total. The number of aromatic hydroxyl groups is 1. The fraction of sp³-hybridized carbons (Fsp3) is 0.286. The standard InChI is InChI=1S/C21H22BrN3O6S/c1-31-19(27)12-24-21(28)20-18(26)10-16(11-23-20)15-6-8-25(9-7-15)32(29,30)13-14-2-4-17(22)5-3-14/h2-6,10-11,26H,7-9,12-13H2,1H3,(H,24,28). The molecule has 0 radical (unpaired) electrons. The molecule has 2 heterocycles. The summed E-state index contributed by atoms with van der Waals surface area (Å²) in [6.45, 7) is 0.164. The van der Waals surface area contributed by atoms with Crippen LogP contribution in [0.3, 0.4) is 0 Å². The van der Waals surface area contributed by atoms with E-state index < -0.39 is 21.9 Å². The van der Waals surface area contributed by atoms with E-state index in [0.29, 0.717) is 24.1 Å². The summed E-state index contributed by atoms with van der Waals surface area (Å²) in [6, 6.07) is 8.54. The second-order valence-corrected chi connectivity index (χ2v) is 9.96. The van der Waals surface area contributed by atoms with E-state index in [1.165, 1.54) is 23.7 Å². The largest absolute Gasteiger partial charge is 0.505 e. The van der Waals surface area contributed by atoms with Gasteiger partial charge in [-0.15, -0.1) is 0 Å². The number of carbonyl (C=O) groups excluding carboxylic acids is 2. The molecule has 170 valence electrons. The van der Waals surface area contributed by atoms with E-state index in [1.807, 2.05) is 0 Å². The van der Waals surface area contributed by atoms with E-state index in [1.54, 1.807) is 30.3 Å². The van der Waals surface area contributed by atoms with Crippen LogP contribution in [0.15, 0.2) is 47.1 Å². The summed E-state index contributed by atoms with van der Waals surface area (Å²) in [5, 5.41) is 12.5. The van der Waals surface area contributed by atoms with Gasteiger partial charge < -0.3 is 15.2 Å². The first kappa shape index (κ1) is 23.9. The van der Waals surface area contributed by atoms with Crippen molar-refractivity contribution in [3.63, 3.8) is 0 Å². The molecule has 0 bridgehead atoms. The summed E-state index contributed by atoms with van der Waals surface area (Å²) in [7, 11) is -2.28. The van der Waals surface area contributed by atoms with Crippen LogP contribution in [0.4, 0.5) is 0 Å². The monoisotopic (exact) mass is 523 g/mol. The Morgan fingerprint density at radius 3 is 2.59 bits per heavy atom. The molecule has 11 heteroatoms. The highest BCUT2D eigenvalue weighted by Crippen LogP contribution is 2.27. The van der Waals surface area contributed by atoms with Gasteiger partial charge in [0.2, 0.25) is 10.0 Å². The smallest absolute Gasteiger partial charge is 0.325 e. The summed E-state index contributed by atoms with van der Waals surface area (Å²) in [4.78, 5) is 27.2. The van der Waals surface area contributed by atoms with Crippen LogP contribution in [0, 0.1) is 0 Å². The van der Waals surface area contributed by atoms with Crippen molar-refractivity contribution in [1.29, 1.82) is 0 Å². The van der Waals surface area contributed by atoms with Crippen molar-refractivity contribution in [1.82, 2.24) is 14.6 Å². The zero-order valence-electron chi connectivity index (χ0n) is 17.2. The Hall–Kier alpha value is -2.76. The molecule has 0 saturated carbocycles. The lowest BCUT2D eigenvalue weighted by molar-refractivity contribution is -0.139. The molecule has 0 aliphatic carbocycles. The molecule has 1 aromatic carbocycles. The molecule has 2 N–H and O–H groups in total. The molecule has 0 spiro atoms. The number of rotatable bonds is 7.